The number of hydrogen-bond donors (Lipinski definition) is 2. The van der Waals surface area contributed by atoms with Crippen molar-refractivity contribution in [1.82, 2.24) is 15.4 Å². The van der Waals surface area contributed by atoms with Gasteiger partial charge in [-0.1, -0.05) is 30.2 Å². The molecule has 2 heterocycles. The van der Waals surface area contributed by atoms with Crippen molar-refractivity contribution in [1.29, 1.82) is 0 Å². The van der Waals surface area contributed by atoms with Gasteiger partial charge in [0.15, 0.2) is 5.69 Å². The van der Waals surface area contributed by atoms with Gasteiger partial charge in [0, 0.05) is 25.7 Å². The summed E-state index contributed by atoms with van der Waals surface area (Å²) in [5, 5.41) is 17.2. The van der Waals surface area contributed by atoms with Crippen LogP contribution in [-0.2, 0) is 0 Å². The number of allylic oxidation sites excluding steroid dienone is 1. The van der Waals surface area contributed by atoms with Gasteiger partial charge in [-0.2, -0.15) is 0 Å². The summed E-state index contributed by atoms with van der Waals surface area (Å²) in [5.74, 6) is 0.319. The standard InChI is InChI=1S/C21H33N3O3/c1-14-6-5-9-21(3,4)16(14)7-10-24-11-8-17(19(25)13-24)22-20(26)18-12-15(2)27-23-18/h12,17,19,25H,5-11,13H2,1-4H3,(H,22,26)/t17-,19-/m1/s1. The fourth-order valence-corrected chi connectivity index (χ4v) is 4.58. The second-order valence-corrected chi connectivity index (χ2v) is 8.81. The molecular formula is C21H33N3O3. The Kier molecular flexibility index (Phi) is 6.06. The first-order valence-electron chi connectivity index (χ1n) is 10.1. The van der Waals surface area contributed by atoms with Crippen LogP contribution in [0.4, 0.5) is 0 Å². The van der Waals surface area contributed by atoms with Gasteiger partial charge < -0.3 is 19.8 Å². The topological polar surface area (TPSA) is 78.6 Å². The number of aryl methyl sites for hydroxylation is 1. The predicted molar refractivity (Wildman–Crippen MR) is 105 cm³/mol. The summed E-state index contributed by atoms with van der Waals surface area (Å²) >= 11 is 0. The van der Waals surface area contributed by atoms with Gasteiger partial charge in [-0.05, 0) is 51.4 Å². The van der Waals surface area contributed by atoms with E-state index in [2.05, 4.69) is 36.1 Å². The minimum absolute atomic E-state index is 0.238. The molecule has 1 saturated heterocycles. The van der Waals surface area contributed by atoms with Crippen LogP contribution in [-0.4, -0.2) is 52.9 Å². The van der Waals surface area contributed by atoms with Crippen molar-refractivity contribution in [3.05, 3.63) is 28.7 Å². The van der Waals surface area contributed by atoms with Gasteiger partial charge >= 0.3 is 0 Å². The van der Waals surface area contributed by atoms with Gasteiger partial charge in [0.1, 0.15) is 5.76 Å². The first-order chi connectivity index (χ1) is 12.8. The molecule has 1 aromatic heterocycles. The molecule has 27 heavy (non-hydrogen) atoms. The van der Waals surface area contributed by atoms with Crippen LogP contribution < -0.4 is 5.32 Å². The average molecular weight is 376 g/mol. The minimum Gasteiger partial charge on any atom is -0.390 e. The Morgan fingerprint density at radius 2 is 2.22 bits per heavy atom. The number of likely N-dealkylation sites (tertiary alicyclic amines) is 1. The predicted octanol–water partition coefficient (Wildman–Crippen LogP) is 3.06. The Bertz CT molecular complexity index is 707. The van der Waals surface area contributed by atoms with Crippen LogP contribution in [0.3, 0.4) is 0 Å². The molecule has 150 valence electrons. The van der Waals surface area contributed by atoms with Crippen LogP contribution >= 0.6 is 0 Å². The van der Waals surface area contributed by atoms with E-state index in [-0.39, 0.29) is 17.6 Å². The Morgan fingerprint density at radius 1 is 1.44 bits per heavy atom. The Balaban J connectivity index is 1.50. The fraction of sp³-hybridized carbons (Fsp3) is 0.714. The van der Waals surface area contributed by atoms with E-state index in [1.807, 2.05) is 0 Å². The number of amides is 1. The molecule has 0 unspecified atom stereocenters. The number of carbonyl (C=O) groups excluding carboxylic acids is 1. The van der Waals surface area contributed by atoms with Crippen molar-refractivity contribution in [2.75, 3.05) is 19.6 Å². The Labute approximate surface area is 162 Å². The highest BCUT2D eigenvalue weighted by Crippen LogP contribution is 2.41. The number of aliphatic hydroxyl groups is 1. The zero-order valence-corrected chi connectivity index (χ0v) is 17.0. The molecule has 3 rings (SSSR count). The molecule has 0 aromatic carbocycles. The first-order valence-corrected chi connectivity index (χ1v) is 10.1. The number of nitrogens with one attached hydrogen (secondary N) is 1. The monoisotopic (exact) mass is 375 g/mol. The molecule has 1 fully saturated rings. The van der Waals surface area contributed by atoms with Crippen molar-refractivity contribution in [2.24, 2.45) is 5.41 Å². The van der Waals surface area contributed by atoms with Crippen LogP contribution in [0.2, 0.25) is 0 Å². The molecule has 2 atom stereocenters. The third-order valence-corrected chi connectivity index (χ3v) is 6.21. The molecule has 0 saturated carbocycles. The lowest BCUT2D eigenvalue weighted by atomic mass is 9.71. The fourth-order valence-electron chi connectivity index (χ4n) is 4.58. The number of rotatable bonds is 5. The van der Waals surface area contributed by atoms with Crippen LogP contribution in [0, 0.1) is 12.3 Å². The summed E-state index contributed by atoms with van der Waals surface area (Å²) in [6.45, 7) is 11.2. The lowest BCUT2D eigenvalue weighted by molar-refractivity contribution is 0.0376. The minimum atomic E-state index is -0.565. The maximum absolute atomic E-state index is 12.2. The average Bonchev–Trinajstić information content (AvgIpc) is 3.03. The van der Waals surface area contributed by atoms with Gasteiger partial charge in [-0.25, -0.2) is 0 Å². The number of β-amino-alcohol motifs (C(OH)–C–C–N with tert-alkyl or cyclic N) is 1. The zero-order valence-electron chi connectivity index (χ0n) is 17.0. The van der Waals surface area contributed by atoms with Crippen molar-refractivity contribution >= 4 is 5.91 Å². The highest BCUT2D eigenvalue weighted by molar-refractivity contribution is 5.92. The number of hydrogen-bond acceptors (Lipinski definition) is 5. The van der Waals surface area contributed by atoms with Gasteiger partial charge in [-0.15, -0.1) is 0 Å². The van der Waals surface area contributed by atoms with E-state index in [1.54, 1.807) is 24.1 Å². The number of aromatic nitrogens is 1. The normalized spacial score (nSPS) is 26.3. The van der Waals surface area contributed by atoms with E-state index in [0.717, 1.165) is 25.9 Å². The lowest BCUT2D eigenvalue weighted by Crippen LogP contribution is -2.54. The molecular weight excluding hydrogens is 342 g/mol. The Hall–Kier alpha value is -1.66. The number of carbonyl (C=O) groups is 1. The number of aliphatic hydroxyl groups excluding tert-OH is 1. The van der Waals surface area contributed by atoms with Crippen LogP contribution in [0.1, 0.15) is 69.1 Å². The van der Waals surface area contributed by atoms with Crippen molar-refractivity contribution in [3.8, 4) is 0 Å². The van der Waals surface area contributed by atoms with Crippen molar-refractivity contribution in [3.63, 3.8) is 0 Å². The maximum Gasteiger partial charge on any atom is 0.273 e. The SMILES string of the molecule is CC1=C(CCN2CC[C@@H](NC(=O)c3cc(C)on3)[C@H](O)C2)C(C)(C)CCC1. The van der Waals surface area contributed by atoms with Gasteiger partial charge in [0.25, 0.3) is 5.91 Å². The molecule has 1 aliphatic carbocycles. The van der Waals surface area contributed by atoms with Crippen molar-refractivity contribution < 1.29 is 14.4 Å². The van der Waals surface area contributed by atoms with E-state index in [1.165, 1.54) is 19.3 Å². The largest absolute Gasteiger partial charge is 0.390 e. The van der Waals surface area contributed by atoms with Crippen LogP contribution in [0.5, 0.6) is 0 Å². The third kappa shape index (κ3) is 4.79. The molecule has 0 spiro atoms. The van der Waals surface area contributed by atoms with E-state index in [4.69, 9.17) is 4.52 Å². The second-order valence-electron chi connectivity index (χ2n) is 8.81. The van der Waals surface area contributed by atoms with Gasteiger partial charge in [0.05, 0.1) is 12.1 Å². The highest BCUT2D eigenvalue weighted by Gasteiger charge is 2.32. The lowest BCUT2D eigenvalue weighted by Gasteiger charge is -2.39. The van der Waals surface area contributed by atoms with E-state index in [0.29, 0.717) is 17.7 Å². The van der Waals surface area contributed by atoms with E-state index >= 15 is 0 Å². The van der Waals surface area contributed by atoms with Crippen LogP contribution in [0.25, 0.3) is 0 Å². The quantitative estimate of drug-likeness (QED) is 0.774. The second kappa shape index (κ2) is 8.15. The molecule has 6 nitrogen and oxygen atoms in total. The third-order valence-electron chi connectivity index (χ3n) is 6.21. The first kappa shape index (κ1) is 20.1. The molecule has 0 radical (unpaired) electrons. The molecule has 1 aromatic rings. The summed E-state index contributed by atoms with van der Waals surface area (Å²) < 4.78 is 4.95. The van der Waals surface area contributed by atoms with Gasteiger partial charge in [0.2, 0.25) is 0 Å². The summed E-state index contributed by atoms with van der Waals surface area (Å²) in [6.07, 6.45) is 5.02. The number of nitrogens with zero attached hydrogens (tertiary/aromatic N) is 2. The molecule has 1 aliphatic heterocycles. The molecule has 1 amide bonds. The van der Waals surface area contributed by atoms with Gasteiger partial charge in [-0.3, -0.25) is 4.79 Å². The smallest absolute Gasteiger partial charge is 0.273 e. The molecule has 6 heteroatoms. The Morgan fingerprint density at radius 3 is 2.85 bits per heavy atom. The highest BCUT2D eigenvalue weighted by atomic mass is 16.5. The number of piperidine rings is 1. The summed E-state index contributed by atoms with van der Waals surface area (Å²) in [4.78, 5) is 14.5. The summed E-state index contributed by atoms with van der Waals surface area (Å²) in [7, 11) is 0. The summed E-state index contributed by atoms with van der Waals surface area (Å²) in [5.41, 5.74) is 3.71. The zero-order chi connectivity index (χ0) is 19.6. The molecule has 2 aliphatic rings. The van der Waals surface area contributed by atoms with E-state index < -0.39 is 6.10 Å². The van der Waals surface area contributed by atoms with Crippen molar-refractivity contribution in [2.45, 2.75) is 71.9 Å². The van der Waals surface area contributed by atoms with Crippen LogP contribution in [0.15, 0.2) is 21.7 Å². The maximum atomic E-state index is 12.2. The molecule has 0 bridgehead atoms. The van der Waals surface area contributed by atoms with E-state index in [9.17, 15) is 9.90 Å². The summed E-state index contributed by atoms with van der Waals surface area (Å²) in [6, 6.07) is 1.37. The molecule has 2 N–H and O–H groups in total.